The predicted molar refractivity (Wildman–Crippen MR) is 123 cm³/mol. The van der Waals surface area contributed by atoms with Crippen LogP contribution in [0.15, 0.2) is 58.5 Å². The second kappa shape index (κ2) is 9.37. The average molecular weight is 466 g/mol. The van der Waals surface area contributed by atoms with Crippen LogP contribution < -0.4 is 10.9 Å². The number of carbonyl (C=O) groups excluding carboxylic acids is 3. The summed E-state index contributed by atoms with van der Waals surface area (Å²) in [6.07, 6.45) is 2.84. The van der Waals surface area contributed by atoms with Crippen LogP contribution in [-0.2, 0) is 16.1 Å². The Kier molecular flexibility index (Phi) is 6.36. The third-order valence-corrected chi connectivity index (χ3v) is 5.98. The highest BCUT2D eigenvalue weighted by Gasteiger charge is 2.34. The second-order valence-corrected chi connectivity index (χ2v) is 8.38. The Morgan fingerprint density at radius 3 is 2.67 bits per heavy atom. The first kappa shape index (κ1) is 22.4. The van der Waals surface area contributed by atoms with Crippen LogP contribution in [0, 0.1) is 12.7 Å². The Hall–Kier alpha value is -3.79. The summed E-state index contributed by atoms with van der Waals surface area (Å²) in [5.41, 5.74) is 1.73. The van der Waals surface area contributed by atoms with Crippen LogP contribution in [0.25, 0.3) is 17.0 Å². The minimum Gasteiger partial charge on any atom is -0.353 e. The van der Waals surface area contributed by atoms with E-state index in [1.54, 1.807) is 12.1 Å². The SMILES string of the molecule is Cc1cccc2c(=O)n(CC(=O)NCCN3C(=O)S/C(=C\c4ccc(F)cc4)C3=O)cnc12. The number of nitrogens with one attached hydrogen (secondary N) is 1. The van der Waals surface area contributed by atoms with E-state index in [4.69, 9.17) is 0 Å². The molecule has 1 aliphatic rings. The van der Waals surface area contributed by atoms with Crippen LogP contribution in [-0.4, -0.2) is 44.6 Å². The van der Waals surface area contributed by atoms with E-state index in [1.807, 2.05) is 13.0 Å². The number of fused-ring (bicyclic) bond motifs is 1. The lowest BCUT2D eigenvalue weighted by molar-refractivity contribution is -0.124. The highest BCUT2D eigenvalue weighted by molar-refractivity contribution is 8.18. The molecule has 0 saturated carbocycles. The van der Waals surface area contributed by atoms with E-state index in [1.165, 1.54) is 41.2 Å². The summed E-state index contributed by atoms with van der Waals surface area (Å²) in [7, 11) is 0. The van der Waals surface area contributed by atoms with E-state index in [9.17, 15) is 23.6 Å². The highest BCUT2D eigenvalue weighted by atomic mass is 32.2. The normalized spacial score (nSPS) is 15.0. The molecule has 8 nitrogen and oxygen atoms in total. The van der Waals surface area contributed by atoms with Crippen molar-refractivity contribution in [3.8, 4) is 0 Å². The van der Waals surface area contributed by atoms with Gasteiger partial charge >= 0.3 is 0 Å². The van der Waals surface area contributed by atoms with Gasteiger partial charge in [0.25, 0.3) is 16.7 Å². The van der Waals surface area contributed by atoms with Crippen LogP contribution in [0.2, 0.25) is 0 Å². The van der Waals surface area contributed by atoms with Crippen molar-refractivity contribution in [3.05, 3.63) is 81.0 Å². The number of halogens is 1. The summed E-state index contributed by atoms with van der Waals surface area (Å²) in [4.78, 5) is 55.2. The summed E-state index contributed by atoms with van der Waals surface area (Å²) >= 11 is 0.785. The number of hydrogen-bond acceptors (Lipinski definition) is 6. The number of nitrogens with zero attached hydrogens (tertiary/aromatic N) is 3. The molecule has 3 amide bonds. The standard InChI is InChI=1S/C23H19FN4O4S/c1-14-3-2-4-17-20(14)26-13-27(21(17)30)12-19(29)25-9-10-28-22(31)18(33-23(28)32)11-15-5-7-16(24)8-6-15/h2-8,11,13H,9-10,12H2,1H3,(H,25,29)/b18-11-. The maximum atomic E-state index is 13.0. The van der Waals surface area contributed by atoms with Crippen molar-refractivity contribution in [1.29, 1.82) is 0 Å². The first-order chi connectivity index (χ1) is 15.8. The maximum Gasteiger partial charge on any atom is 0.293 e. The molecule has 2 aromatic carbocycles. The van der Waals surface area contributed by atoms with Crippen molar-refractivity contribution in [2.45, 2.75) is 13.5 Å². The van der Waals surface area contributed by atoms with Gasteiger partial charge in [-0.25, -0.2) is 9.37 Å². The molecule has 1 saturated heterocycles. The first-order valence-corrected chi connectivity index (χ1v) is 10.9. The average Bonchev–Trinajstić information content (AvgIpc) is 3.05. The van der Waals surface area contributed by atoms with Gasteiger partial charge in [0, 0.05) is 13.1 Å². The number of para-hydroxylation sites is 1. The molecule has 10 heteroatoms. The number of amides is 3. The van der Waals surface area contributed by atoms with E-state index in [2.05, 4.69) is 10.3 Å². The Balaban J connectivity index is 1.35. The van der Waals surface area contributed by atoms with Crippen molar-refractivity contribution < 1.29 is 18.8 Å². The molecular weight excluding hydrogens is 447 g/mol. The van der Waals surface area contributed by atoms with E-state index in [-0.39, 0.29) is 30.1 Å². The summed E-state index contributed by atoms with van der Waals surface area (Å²) in [5, 5.41) is 2.59. The lowest BCUT2D eigenvalue weighted by Crippen LogP contribution is -2.39. The molecule has 33 heavy (non-hydrogen) atoms. The fourth-order valence-electron chi connectivity index (χ4n) is 3.37. The molecule has 1 fully saturated rings. The van der Waals surface area contributed by atoms with Crippen molar-refractivity contribution in [1.82, 2.24) is 19.8 Å². The maximum absolute atomic E-state index is 13.0. The molecule has 0 atom stereocenters. The number of thioether (sulfide) groups is 1. The summed E-state index contributed by atoms with van der Waals surface area (Å²) in [5.74, 6) is -1.32. The lowest BCUT2D eigenvalue weighted by atomic mass is 10.1. The van der Waals surface area contributed by atoms with Gasteiger partial charge in [0.15, 0.2) is 0 Å². The summed E-state index contributed by atoms with van der Waals surface area (Å²) in [6, 6.07) is 10.8. The van der Waals surface area contributed by atoms with Crippen molar-refractivity contribution in [2.75, 3.05) is 13.1 Å². The van der Waals surface area contributed by atoms with E-state index in [0.29, 0.717) is 16.5 Å². The molecule has 168 valence electrons. The smallest absolute Gasteiger partial charge is 0.293 e. The zero-order valence-electron chi connectivity index (χ0n) is 17.6. The zero-order chi connectivity index (χ0) is 23.5. The highest BCUT2D eigenvalue weighted by Crippen LogP contribution is 2.31. The quantitative estimate of drug-likeness (QED) is 0.561. The Morgan fingerprint density at radius 1 is 1.15 bits per heavy atom. The Bertz CT molecular complexity index is 1350. The summed E-state index contributed by atoms with van der Waals surface area (Å²) < 4.78 is 14.2. The molecule has 1 N–H and O–H groups in total. The molecule has 0 aliphatic carbocycles. The minimum absolute atomic E-state index is 0.0127. The van der Waals surface area contributed by atoms with Crippen molar-refractivity contribution >= 4 is 45.8 Å². The van der Waals surface area contributed by atoms with Gasteiger partial charge in [-0.05, 0) is 54.1 Å². The minimum atomic E-state index is -0.478. The fourth-order valence-corrected chi connectivity index (χ4v) is 4.24. The number of hydrogen-bond donors (Lipinski definition) is 1. The third-order valence-electron chi connectivity index (χ3n) is 5.07. The topological polar surface area (TPSA) is 101 Å². The molecule has 0 unspecified atom stereocenters. The molecule has 4 rings (SSSR count). The van der Waals surface area contributed by atoms with Crippen LogP contribution >= 0.6 is 11.8 Å². The van der Waals surface area contributed by atoms with Crippen molar-refractivity contribution in [3.63, 3.8) is 0 Å². The molecule has 1 aromatic heterocycles. The van der Waals surface area contributed by atoms with Crippen molar-refractivity contribution in [2.24, 2.45) is 0 Å². The first-order valence-electron chi connectivity index (χ1n) is 10.1. The number of aryl methyl sites for hydroxylation is 1. The Morgan fingerprint density at radius 2 is 1.91 bits per heavy atom. The van der Waals surface area contributed by atoms with Gasteiger partial charge in [0.2, 0.25) is 5.91 Å². The van der Waals surface area contributed by atoms with Gasteiger partial charge < -0.3 is 5.32 Å². The molecular formula is C23H19FN4O4S. The van der Waals surface area contributed by atoms with E-state index in [0.717, 1.165) is 22.2 Å². The molecule has 3 aromatic rings. The van der Waals surface area contributed by atoms with Gasteiger partial charge in [-0.15, -0.1) is 0 Å². The third kappa shape index (κ3) is 4.85. The summed E-state index contributed by atoms with van der Waals surface area (Å²) in [6.45, 7) is 1.64. The molecule has 1 aliphatic heterocycles. The largest absolute Gasteiger partial charge is 0.353 e. The molecule has 0 radical (unpaired) electrons. The Labute approximate surface area is 192 Å². The second-order valence-electron chi connectivity index (χ2n) is 7.38. The molecule has 2 heterocycles. The number of benzene rings is 2. The number of imide groups is 1. The van der Waals surface area contributed by atoms with Gasteiger partial charge in [0.1, 0.15) is 12.4 Å². The predicted octanol–water partition coefficient (Wildman–Crippen LogP) is 2.70. The monoisotopic (exact) mass is 466 g/mol. The van der Waals surface area contributed by atoms with Crippen LogP contribution in [0.3, 0.4) is 0 Å². The number of aromatic nitrogens is 2. The lowest BCUT2D eigenvalue weighted by Gasteiger charge is -2.13. The number of carbonyl (C=O) groups is 3. The van der Waals surface area contributed by atoms with Gasteiger partial charge in [-0.2, -0.15) is 0 Å². The van der Waals surface area contributed by atoms with Gasteiger partial charge in [0.05, 0.1) is 22.1 Å². The zero-order valence-corrected chi connectivity index (χ0v) is 18.4. The van der Waals surface area contributed by atoms with Crippen LogP contribution in [0.5, 0.6) is 0 Å². The van der Waals surface area contributed by atoms with Crippen LogP contribution in [0.4, 0.5) is 9.18 Å². The van der Waals surface area contributed by atoms with Gasteiger partial charge in [-0.3, -0.25) is 28.6 Å². The fraction of sp³-hybridized carbons (Fsp3) is 0.174. The van der Waals surface area contributed by atoms with Crippen LogP contribution in [0.1, 0.15) is 11.1 Å². The van der Waals surface area contributed by atoms with E-state index < -0.39 is 22.9 Å². The van der Waals surface area contributed by atoms with E-state index >= 15 is 0 Å². The molecule has 0 bridgehead atoms. The number of rotatable bonds is 6. The van der Waals surface area contributed by atoms with Gasteiger partial charge in [-0.1, -0.05) is 24.3 Å². The molecule has 0 spiro atoms.